The maximum absolute atomic E-state index is 12.2. The van der Waals surface area contributed by atoms with E-state index in [0.717, 1.165) is 30.5 Å². The second-order valence-corrected chi connectivity index (χ2v) is 6.84. The summed E-state index contributed by atoms with van der Waals surface area (Å²) in [4.78, 5) is 14.6. The van der Waals surface area contributed by atoms with Crippen LogP contribution in [-0.2, 0) is 16.6 Å². The van der Waals surface area contributed by atoms with Crippen molar-refractivity contribution in [1.82, 2.24) is 4.90 Å². The van der Waals surface area contributed by atoms with Gasteiger partial charge < -0.3 is 14.7 Å². The van der Waals surface area contributed by atoms with Crippen molar-refractivity contribution in [3.63, 3.8) is 0 Å². The Balaban J connectivity index is 1.98. The summed E-state index contributed by atoms with van der Waals surface area (Å²) in [6, 6.07) is 4.29. The predicted molar refractivity (Wildman–Crippen MR) is 83.3 cm³/mol. The lowest BCUT2D eigenvalue weighted by Crippen LogP contribution is -2.59. The fourth-order valence-corrected chi connectivity index (χ4v) is 4.84. The van der Waals surface area contributed by atoms with Gasteiger partial charge in [-0.1, -0.05) is 12.1 Å². The summed E-state index contributed by atoms with van der Waals surface area (Å²) >= 11 is 0. The summed E-state index contributed by atoms with van der Waals surface area (Å²) < 4.78 is 5.31. The van der Waals surface area contributed by atoms with Gasteiger partial charge in [0.2, 0.25) is 0 Å². The molecular weight excluding hydrogens is 278 g/mol. The van der Waals surface area contributed by atoms with Gasteiger partial charge in [-0.3, -0.25) is 4.79 Å². The number of hydrogen-bond donors (Lipinski definition) is 1. The molecule has 1 aromatic carbocycles. The largest absolute Gasteiger partial charge is 0.504 e. The van der Waals surface area contributed by atoms with Crippen LogP contribution in [0.2, 0.25) is 0 Å². The second kappa shape index (κ2) is 4.59. The number of likely N-dealkylation sites (tertiary alicyclic amines) is 1. The maximum atomic E-state index is 12.2. The number of carbonyl (C=O) groups is 1. The van der Waals surface area contributed by atoms with Gasteiger partial charge in [-0.05, 0) is 44.1 Å². The standard InChI is InChI=1S/C18H21NO3/c1-19-8-7-18-10-12(20)4-5-13(18)14(19)9-11-3-6-15(22-2)17(21)16(11)18/h3-6,13-14,21H,7-10H2,1-2H3/t13?,14-,18+/m0/s1. The number of aromatic hydroxyl groups is 1. The van der Waals surface area contributed by atoms with Crippen molar-refractivity contribution in [2.45, 2.75) is 30.7 Å². The van der Waals surface area contributed by atoms with Crippen molar-refractivity contribution in [1.29, 1.82) is 0 Å². The molecular formula is C18H21NO3. The predicted octanol–water partition coefficient (Wildman–Crippen LogP) is 2.04. The number of ether oxygens (including phenoxy) is 1. The molecule has 2 aliphatic carbocycles. The number of phenols is 1. The zero-order valence-electron chi connectivity index (χ0n) is 13.0. The molecule has 4 heteroatoms. The molecule has 0 saturated carbocycles. The highest BCUT2D eigenvalue weighted by atomic mass is 16.5. The molecule has 116 valence electrons. The maximum Gasteiger partial charge on any atom is 0.161 e. The molecule has 3 aliphatic rings. The zero-order chi connectivity index (χ0) is 15.5. The van der Waals surface area contributed by atoms with Crippen molar-refractivity contribution >= 4 is 5.78 Å². The molecule has 1 unspecified atom stereocenters. The van der Waals surface area contributed by atoms with E-state index in [1.807, 2.05) is 6.07 Å². The lowest BCUT2D eigenvalue weighted by molar-refractivity contribution is -0.118. The third kappa shape index (κ3) is 1.64. The quantitative estimate of drug-likeness (QED) is 0.862. The van der Waals surface area contributed by atoms with Crippen molar-refractivity contribution in [3.8, 4) is 11.5 Å². The number of hydrogen-bond acceptors (Lipinski definition) is 4. The summed E-state index contributed by atoms with van der Waals surface area (Å²) in [5.74, 6) is 1.19. The number of allylic oxidation sites excluding steroid dienone is 1. The molecule has 1 saturated heterocycles. The van der Waals surface area contributed by atoms with E-state index in [9.17, 15) is 9.90 Å². The average molecular weight is 299 g/mol. The summed E-state index contributed by atoms with van der Waals surface area (Å²) in [5.41, 5.74) is 1.85. The average Bonchev–Trinajstić information content (AvgIpc) is 2.50. The molecule has 0 radical (unpaired) electrons. The lowest BCUT2D eigenvalue weighted by atomic mass is 9.53. The van der Waals surface area contributed by atoms with Gasteiger partial charge in [-0.25, -0.2) is 0 Å². The second-order valence-electron chi connectivity index (χ2n) is 6.84. The topological polar surface area (TPSA) is 49.8 Å². The van der Waals surface area contributed by atoms with Gasteiger partial charge in [-0.15, -0.1) is 0 Å². The molecule has 1 aromatic rings. The van der Waals surface area contributed by atoms with E-state index in [4.69, 9.17) is 4.74 Å². The fourth-order valence-electron chi connectivity index (χ4n) is 4.84. The van der Waals surface area contributed by atoms with Crippen LogP contribution in [0, 0.1) is 5.92 Å². The number of piperidine rings is 1. The molecule has 1 heterocycles. The Kier molecular flexibility index (Phi) is 2.89. The van der Waals surface area contributed by atoms with Gasteiger partial charge >= 0.3 is 0 Å². The van der Waals surface area contributed by atoms with Crippen LogP contribution in [0.3, 0.4) is 0 Å². The number of fused-ring (bicyclic) bond motifs is 1. The first-order chi connectivity index (χ1) is 10.6. The molecule has 0 aromatic heterocycles. The van der Waals surface area contributed by atoms with Crippen LogP contribution in [0.5, 0.6) is 11.5 Å². The van der Waals surface area contributed by atoms with Crippen LogP contribution in [0.1, 0.15) is 24.0 Å². The molecule has 22 heavy (non-hydrogen) atoms. The van der Waals surface area contributed by atoms with Crippen LogP contribution >= 0.6 is 0 Å². The minimum Gasteiger partial charge on any atom is -0.504 e. The smallest absolute Gasteiger partial charge is 0.161 e. The molecule has 0 amide bonds. The Morgan fingerprint density at radius 3 is 3.00 bits per heavy atom. The minimum atomic E-state index is -0.269. The first kappa shape index (κ1) is 13.8. The molecule has 1 fully saturated rings. The van der Waals surface area contributed by atoms with Crippen LogP contribution in [0.25, 0.3) is 0 Å². The zero-order valence-corrected chi connectivity index (χ0v) is 13.0. The van der Waals surface area contributed by atoms with Crippen LogP contribution in [0.4, 0.5) is 0 Å². The van der Waals surface area contributed by atoms with Gasteiger partial charge in [-0.2, -0.15) is 0 Å². The Bertz CT molecular complexity index is 681. The van der Waals surface area contributed by atoms with Gasteiger partial charge in [0, 0.05) is 29.4 Å². The van der Waals surface area contributed by atoms with Crippen molar-refractivity contribution in [2.24, 2.45) is 5.92 Å². The number of methoxy groups -OCH3 is 1. The van der Waals surface area contributed by atoms with E-state index in [2.05, 4.69) is 24.1 Å². The number of ketones is 1. The molecule has 3 atom stereocenters. The van der Waals surface area contributed by atoms with Crippen molar-refractivity contribution in [3.05, 3.63) is 35.4 Å². The van der Waals surface area contributed by atoms with E-state index in [-0.39, 0.29) is 22.9 Å². The molecule has 0 spiro atoms. The molecule has 4 nitrogen and oxygen atoms in total. The summed E-state index contributed by atoms with van der Waals surface area (Å²) in [6.45, 7) is 0.957. The Labute approximate surface area is 130 Å². The van der Waals surface area contributed by atoms with Gasteiger partial charge in [0.05, 0.1) is 7.11 Å². The molecule has 4 rings (SSSR count). The highest BCUT2D eigenvalue weighted by Gasteiger charge is 2.54. The number of rotatable bonds is 1. The van der Waals surface area contributed by atoms with Crippen molar-refractivity contribution < 1.29 is 14.6 Å². The molecule has 1 aliphatic heterocycles. The third-order valence-electron chi connectivity index (χ3n) is 5.88. The first-order valence-electron chi connectivity index (χ1n) is 7.87. The third-order valence-corrected chi connectivity index (χ3v) is 5.88. The number of benzene rings is 1. The van der Waals surface area contributed by atoms with Gasteiger partial charge in [0.15, 0.2) is 17.3 Å². The fraction of sp³-hybridized carbons (Fsp3) is 0.500. The van der Waals surface area contributed by atoms with Crippen LogP contribution in [-0.4, -0.2) is 42.5 Å². The molecule has 1 N–H and O–H groups in total. The Morgan fingerprint density at radius 2 is 2.23 bits per heavy atom. The van der Waals surface area contributed by atoms with Crippen LogP contribution < -0.4 is 4.74 Å². The molecule has 2 bridgehead atoms. The Morgan fingerprint density at radius 1 is 1.41 bits per heavy atom. The monoisotopic (exact) mass is 299 g/mol. The van der Waals surface area contributed by atoms with Gasteiger partial charge in [0.1, 0.15) is 0 Å². The first-order valence-corrected chi connectivity index (χ1v) is 7.87. The van der Waals surface area contributed by atoms with E-state index < -0.39 is 0 Å². The Hall–Kier alpha value is -1.81. The van der Waals surface area contributed by atoms with E-state index in [1.165, 1.54) is 0 Å². The SMILES string of the molecule is COc1ccc2c(c1O)[C@@]13CCN(C)[C@@H](C2)C1C=CC(=O)C3. The van der Waals surface area contributed by atoms with E-state index in [1.54, 1.807) is 13.2 Å². The van der Waals surface area contributed by atoms with E-state index >= 15 is 0 Å². The number of likely N-dealkylation sites (N-methyl/N-ethyl adjacent to an activating group) is 1. The van der Waals surface area contributed by atoms with Gasteiger partial charge in [0.25, 0.3) is 0 Å². The summed E-state index contributed by atoms with van der Waals surface area (Å²) in [6.07, 6.45) is 6.11. The number of phenolic OH excluding ortho intramolecular Hbond substituents is 1. The minimum absolute atomic E-state index is 0.162. The summed E-state index contributed by atoms with van der Waals surface area (Å²) in [7, 11) is 3.73. The number of carbonyl (C=O) groups excluding carboxylic acids is 1. The van der Waals surface area contributed by atoms with Crippen LogP contribution in [0.15, 0.2) is 24.3 Å². The lowest BCUT2D eigenvalue weighted by Gasteiger charge is -2.56. The normalized spacial score (nSPS) is 33.3. The summed E-state index contributed by atoms with van der Waals surface area (Å²) in [5, 5.41) is 10.8. The van der Waals surface area contributed by atoms with Crippen molar-refractivity contribution in [2.75, 3.05) is 20.7 Å². The number of nitrogens with zero attached hydrogens (tertiary/aromatic N) is 1. The van der Waals surface area contributed by atoms with E-state index in [0.29, 0.717) is 18.2 Å². The highest BCUT2D eigenvalue weighted by molar-refractivity contribution is 5.92. The highest BCUT2D eigenvalue weighted by Crippen LogP contribution is 2.56.